The Bertz CT molecular complexity index is 378. The van der Waals surface area contributed by atoms with Crippen molar-refractivity contribution in [2.75, 3.05) is 0 Å². The van der Waals surface area contributed by atoms with Crippen molar-refractivity contribution in [1.82, 2.24) is 0 Å². The molecule has 2 aromatic heterocycles. The van der Waals surface area contributed by atoms with Gasteiger partial charge in [0.25, 0.3) is 0 Å². The van der Waals surface area contributed by atoms with Crippen molar-refractivity contribution >= 4 is 28.6 Å². The Hall–Kier alpha value is -1.27. The minimum absolute atomic E-state index is 0. The Morgan fingerprint density at radius 2 is 1.50 bits per heavy atom. The highest BCUT2D eigenvalue weighted by molar-refractivity contribution is 7.11. The maximum absolute atomic E-state index is 11.1. The molecule has 0 aromatic carbocycles. The van der Waals surface area contributed by atoms with E-state index in [4.69, 9.17) is 5.11 Å². The van der Waals surface area contributed by atoms with Crippen LogP contribution in [-0.4, -0.2) is 11.1 Å². The highest BCUT2D eigenvalue weighted by Gasteiger charge is 2.23. The molecular weight excluding hydrogens is 254 g/mol. The summed E-state index contributed by atoms with van der Waals surface area (Å²) in [6.07, 6.45) is 0. The van der Waals surface area contributed by atoms with Gasteiger partial charge in [-0.3, -0.25) is 14.2 Å². The van der Waals surface area contributed by atoms with Crippen molar-refractivity contribution in [3.63, 3.8) is 0 Å². The zero-order valence-electron chi connectivity index (χ0n) is 8.03. The van der Waals surface area contributed by atoms with Crippen LogP contribution in [0.15, 0.2) is 35.0 Å². The zero-order valence-corrected chi connectivity index (χ0v) is 9.66. The third-order valence-corrected chi connectivity index (χ3v) is 3.78. The van der Waals surface area contributed by atoms with Gasteiger partial charge in [-0.05, 0) is 22.9 Å². The van der Waals surface area contributed by atoms with Crippen LogP contribution in [0.1, 0.15) is 15.7 Å². The average molecular weight is 264 g/mol. The van der Waals surface area contributed by atoms with Crippen LogP contribution in [0.2, 0.25) is 0 Å². The van der Waals surface area contributed by atoms with Crippen LogP contribution in [0, 0.1) is 0 Å². The van der Waals surface area contributed by atoms with E-state index in [0.29, 0.717) is 0 Å². The number of carboxylic acids is 1. The number of halogens is 2. The summed E-state index contributed by atoms with van der Waals surface area (Å²) in [6, 6.07) is 7.49. The van der Waals surface area contributed by atoms with Gasteiger partial charge in [0, 0.05) is 9.75 Å². The van der Waals surface area contributed by atoms with Gasteiger partial charge in [0.15, 0.2) is 0 Å². The molecule has 0 saturated carbocycles. The second-order valence-electron chi connectivity index (χ2n) is 2.80. The molecule has 88 valence electrons. The van der Waals surface area contributed by atoms with Gasteiger partial charge in [-0.25, -0.2) is 0 Å². The van der Waals surface area contributed by atoms with E-state index in [2.05, 4.69) is 0 Å². The summed E-state index contributed by atoms with van der Waals surface area (Å²) < 4.78 is 0. The lowest BCUT2D eigenvalue weighted by Gasteiger charge is -2.06. The van der Waals surface area contributed by atoms with E-state index in [1.54, 1.807) is 0 Å². The van der Waals surface area contributed by atoms with Gasteiger partial charge >= 0.3 is 5.97 Å². The van der Waals surface area contributed by atoms with E-state index in [1.807, 2.05) is 35.0 Å². The minimum atomic E-state index is -0.782. The Kier molecular flexibility index (Phi) is 5.84. The number of thiophene rings is 2. The molecule has 0 radical (unpaired) electrons. The van der Waals surface area contributed by atoms with Crippen molar-refractivity contribution in [1.29, 1.82) is 0 Å². The van der Waals surface area contributed by atoms with Gasteiger partial charge in [-0.1, -0.05) is 12.1 Å². The fourth-order valence-corrected chi connectivity index (χ4v) is 3.04. The molecule has 0 aliphatic rings. The predicted octanol–water partition coefficient (Wildman–Crippen LogP) is 3.33. The van der Waals surface area contributed by atoms with E-state index >= 15 is 0 Å². The summed E-state index contributed by atoms with van der Waals surface area (Å²) in [5, 5.41) is 12.9. The van der Waals surface area contributed by atoms with Gasteiger partial charge in [-0.2, -0.15) is 0 Å². The number of carbonyl (C=O) groups is 1. The Morgan fingerprint density at radius 1 is 1.06 bits per heavy atom. The van der Waals surface area contributed by atoms with Gasteiger partial charge < -0.3 is 5.11 Å². The van der Waals surface area contributed by atoms with E-state index in [1.165, 1.54) is 22.7 Å². The topological polar surface area (TPSA) is 37.3 Å². The second kappa shape index (κ2) is 6.34. The van der Waals surface area contributed by atoms with Crippen LogP contribution in [0.4, 0.5) is 9.41 Å². The first-order valence-electron chi connectivity index (χ1n) is 4.08. The molecule has 0 unspecified atom stereocenters. The summed E-state index contributed by atoms with van der Waals surface area (Å²) in [5.41, 5.74) is 0. The maximum Gasteiger partial charge on any atom is 0.317 e. The molecule has 0 saturated heterocycles. The highest BCUT2D eigenvalue weighted by Crippen LogP contribution is 2.31. The Balaban J connectivity index is 0.00000112. The molecular formula is C10H10F2O2S2. The van der Waals surface area contributed by atoms with Crippen LogP contribution >= 0.6 is 22.7 Å². The average Bonchev–Trinajstić information content (AvgIpc) is 2.75. The molecule has 0 aliphatic carbocycles. The van der Waals surface area contributed by atoms with Gasteiger partial charge in [-0.15, -0.1) is 22.7 Å². The molecule has 1 N–H and O–H groups in total. The van der Waals surface area contributed by atoms with Crippen LogP contribution < -0.4 is 0 Å². The smallest absolute Gasteiger partial charge is 0.317 e. The van der Waals surface area contributed by atoms with Crippen molar-refractivity contribution in [2.24, 2.45) is 0 Å². The largest absolute Gasteiger partial charge is 0.480 e. The lowest BCUT2D eigenvalue weighted by molar-refractivity contribution is -0.137. The Morgan fingerprint density at radius 3 is 1.75 bits per heavy atom. The molecule has 0 atom stereocenters. The van der Waals surface area contributed by atoms with Crippen molar-refractivity contribution < 1.29 is 19.3 Å². The summed E-state index contributed by atoms with van der Waals surface area (Å²) in [7, 11) is 0. The molecule has 2 aromatic rings. The molecule has 2 rings (SSSR count). The fourth-order valence-electron chi connectivity index (χ4n) is 1.29. The first kappa shape index (κ1) is 14.7. The lowest BCUT2D eigenvalue weighted by atomic mass is 10.1. The Labute approximate surface area is 98.9 Å². The van der Waals surface area contributed by atoms with Crippen LogP contribution in [0.5, 0.6) is 0 Å². The number of carboxylic acid groups (broad SMARTS) is 1. The molecule has 0 amide bonds. The SMILES string of the molecule is F.F.O=C(O)C(c1cccs1)c1cccs1. The minimum Gasteiger partial charge on any atom is -0.480 e. The van der Waals surface area contributed by atoms with Gasteiger partial charge in [0.2, 0.25) is 0 Å². The quantitative estimate of drug-likeness (QED) is 0.923. The van der Waals surface area contributed by atoms with Crippen LogP contribution in [0.3, 0.4) is 0 Å². The molecule has 2 nitrogen and oxygen atoms in total. The van der Waals surface area contributed by atoms with Gasteiger partial charge in [0.05, 0.1) is 0 Å². The fraction of sp³-hybridized carbons (Fsp3) is 0.100. The van der Waals surface area contributed by atoms with Crippen molar-refractivity contribution in [3.05, 3.63) is 44.8 Å². The lowest BCUT2D eigenvalue weighted by Crippen LogP contribution is -2.09. The van der Waals surface area contributed by atoms with Crippen LogP contribution in [-0.2, 0) is 4.79 Å². The number of hydrogen-bond donors (Lipinski definition) is 1. The number of rotatable bonds is 3. The third kappa shape index (κ3) is 2.86. The molecule has 0 spiro atoms. The van der Waals surface area contributed by atoms with E-state index in [0.717, 1.165) is 9.75 Å². The van der Waals surface area contributed by atoms with Crippen LogP contribution in [0.25, 0.3) is 0 Å². The van der Waals surface area contributed by atoms with E-state index < -0.39 is 11.9 Å². The summed E-state index contributed by atoms with van der Waals surface area (Å²) in [6.45, 7) is 0. The van der Waals surface area contributed by atoms with Crippen molar-refractivity contribution in [3.8, 4) is 0 Å². The predicted molar refractivity (Wildman–Crippen MR) is 63.1 cm³/mol. The molecule has 6 heteroatoms. The molecule has 0 fully saturated rings. The zero-order chi connectivity index (χ0) is 9.97. The number of hydrogen-bond acceptors (Lipinski definition) is 3. The monoisotopic (exact) mass is 264 g/mol. The van der Waals surface area contributed by atoms with E-state index in [9.17, 15) is 4.79 Å². The highest BCUT2D eigenvalue weighted by atomic mass is 32.1. The first-order chi connectivity index (χ1) is 6.79. The normalized spacial score (nSPS) is 9.31. The molecule has 0 aliphatic heterocycles. The van der Waals surface area contributed by atoms with Gasteiger partial charge in [0.1, 0.15) is 5.92 Å². The summed E-state index contributed by atoms with van der Waals surface area (Å²) >= 11 is 2.97. The molecule has 16 heavy (non-hydrogen) atoms. The first-order valence-corrected chi connectivity index (χ1v) is 5.84. The number of aliphatic carboxylic acids is 1. The summed E-state index contributed by atoms with van der Waals surface area (Å²) in [5.74, 6) is -1.27. The standard InChI is InChI=1S/C10H8O2S2.2FH/c11-10(12)9(7-3-1-5-13-7)8-4-2-6-14-8;;/h1-6,9H,(H,11,12);2*1H. The summed E-state index contributed by atoms with van der Waals surface area (Å²) in [4.78, 5) is 12.9. The van der Waals surface area contributed by atoms with Crippen molar-refractivity contribution in [2.45, 2.75) is 5.92 Å². The molecule has 2 heterocycles. The molecule has 0 bridgehead atoms. The third-order valence-electron chi connectivity index (χ3n) is 1.90. The maximum atomic E-state index is 11.1. The second-order valence-corrected chi connectivity index (χ2v) is 4.76. The van der Waals surface area contributed by atoms with E-state index in [-0.39, 0.29) is 9.41 Å².